The van der Waals surface area contributed by atoms with Crippen molar-refractivity contribution in [1.82, 2.24) is 15.2 Å². The molecule has 1 aliphatic rings. The van der Waals surface area contributed by atoms with Gasteiger partial charge in [-0.25, -0.2) is 0 Å². The van der Waals surface area contributed by atoms with Gasteiger partial charge in [0.25, 0.3) is 11.5 Å². The second-order valence-corrected chi connectivity index (χ2v) is 3.69. The molecule has 1 aromatic rings. The van der Waals surface area contributed by atoms with Crippen molar-refractivity contribution in [2.45, 2.75) is 0 Å². The second kappa shape index (κ2) is 3.90. The molecular formula is C10H9N3O2S. The van der Waals surface area contributed by atoms with Crippen molar-refractivity contribution >= 4 is 29.3 Å². The molecular weight excluding hydrogens is 226 g/mol. The Hall–Kier alpha value is -1.95. The number of aromatic amines is 1. The number of nitrogens with zero attached hydrogens (tertiary/aromatic N) is 1. The fourth-order valence-electron chi connectivity index (χ4n) is 1.33. The third kappa shape index (κ3) is 1.74. The van der Waals surface area contributed by atoms with Gasteiger partial charge in [0.15, 0.2) is 5.11 Å². The zero-order chi connectivity index (χ0) is 11.7. The van der Waals surface area contributed by atoms with Crippen molar-refractivity contribution in [2.75, 3.05) is 7.05 Å². The standard InChI is InChI=1S/C10H9N3O2S/c1-13-9(15)7(12-10(13)16)5-6-3-2-4-11-8(6)14/h2-5H,1H3,(H,11,14)(H,12,16)/b7-5-. The van der Waals surface area contributed by atoms with Crippen LogP contribution in [-0.2, 0) is 4.79 Å². The topological polar surface area (TPSA) is 65.2 Å². The lowest BCUT2D eigenvalue weighted by atomic mass is 10.2. The summed E-state index contributed by atoms with van der Waals surface area (Å²) in [7, 11) is 1.58. The van der Waals surface area contributed by atoms with E-state index in [1.54, 1.807) is 19.2 Å². The van der Waals surface area contributed by atoms with Crippen molar-refractivity contribution in [2.24, 2.45) is 0 Å². The lowest BCUT2D eigenvalue weighted by Crippen LogP contribution is -2.25. The number of H-pyrrole nitrogens is 1. The van der Waals surface area contributed by atoms with Gasteiger partial charge in [0, 0.05) is 18.8 Å². The molecule has 0 aromatic carbocycles. The van der Waals surface area contributed by atoms with Crippen molar-refractivity contribution in [3.63, 3.8) is 0 Å². The summed E-state index contributed by atoms with van der Waals surface area (Å²) in [4.78, 5) is 26.9. The Bertz CT molecular complexity index is 547. The molecule has 0 aliphatic carbocycles. The van der Waals surface area contributed by atoms with Gasteiger partial charge in [0.05, 0.1) is 0 Å². The predicted molar refractivity (Wildman–Crippen MR) is 63.5 cm³/mol. The highest BCUT2D eigenvalue weighted by atomic mass is 32.1. The van der Waals surface area contributed by atoms with Crippen LogP contribution in [0, 0.1) is 0 Å². The molecule has 2 N–H and O–H groups in total. The Kier molecular flexibility index (Phi) is 2.57. The highest BCUT2D eigenvalue weighted by Crippen LogP contribution is 2.09. The molecule has 6 heteroatoms. The van der Waals surface area contributed by atoms with Gasteiger partial charge >= 0.3 is 0 Å². The highest BCUT2D eigenvalue weighted by Gasteiger charge is 2.27. The van der Waals surface area contributed by atoms with Gasteiger partial charge in [0.1, 0.15) is 5.70 Å². The number of pyridine rings is 1. The van der Waals surface area contributed by atoms with Crippen LogP contribution in [0.3, 0.4) is 0 Å². The van der Waals surface area contributed by atoms with Crippen LogP contribution in [0.4, 0.5) is 0 Å². The normalized spacial score (nSPS) is 18.1. The van der Waals surface area contributed by atoms with E-state index in [4.69, 9.17) is 12.2 Å². The van der Waals surface area contributed by atoms with E-state index in [1.165, 1.54) is 17.2 Å². The first kappa shape index (κ1) is 10.6. The minimum atomic E-state index is -0.245. The Morgan fingerprint density at radius 2 is 2.19 bits per heavy atom. The maximum absolute atomic E-state index is 11.6. The monoisotopic (exact) mass is 235 g/mol. The highest BCUT2D eigenvalue weighted by molar-refractivity contribution is 7.80. The smallest absolute Gasteiger partial charge is 0.276 e. The van der Waals surface area contributed by atoms with E-state index < -0.39 is 0 Å². The Morgan fingerprint density at radius 3 is 2.75 bits per heavy atom. The van der Waals surface area contributed by atoms with Crippen LogP contribution in [0.5, 0.6) is 0 Å². The second-order valence-electron chi connectivity index (χ2n) is 3.31. The van der Waals surface area contributed by atoms with Crippen LogP contribution < -0.4 is 10.9 Å². The Balaban J connectivity index is 2.41. The fraction of sp³-hybridized carbons (Fsp3) is 0.100. The first-order valence-corrected chi connectivity index (χ1v) is 4.99. The molecule has 0 saturated carbocycles. The summed E-state index contributed by atoms with van der Waals surface area (Å²) in [5, 5.41) is 3.08. The van der Waals surface area contributed by atoms with E-state index in [0.717, 1.165) is 0 Å². The average molecular weight is 235 g/mol. The molecule has 2 rings (SSSR count). The van der Waals surface area contributed by atoms with Gasteiger partial charge in [0.2, 0.25) is 0 Å². The summed E-state index contributed by atoms with van der Waals surface area (Å²) < 4.78 is 0. The number of nitrogens with one attached hydrogen (secondary N) is 2. The maximum atomic E-state index is 11.6. The van der Waals surface area contributed by atoms with Crippen molar-refractivity contribution < 1.29 is 4.79 Å². The first-order chi connectivity index (χ1) is 7.59. The fourth-order valence-corrected chi connectivity index (χ4v) is 1.52. The van der Waals surface area contributed by atoms with Crippen molar-refractivity contribution in [3.05, 3.63) is 39.9 Å². The van der Waals surface area contributed by atoms with E-state index >= 15 is 0 Å². The zero-order valence-electron chi connectivity index (χ0n) is 8.48. The van der Waals surface area contributed by atoms with Crippen LogP contribution in [0.25, 0.3) is 6.08 Å². The third-order valence-corrected chi connectivity index (χ3v) is 2.61. The summed E-state index contributed by atoms with van der Waals surface area (Å²) in [5.41, 5.74) is 0.478. The summed E-state index contributed by atoms with van der Waals surface area (Å²) in [5.74, 6) is -0.242. The average Bonchev–Trinajstić information content (AvgIpc) is 2.50. The number of carbonyl (C=O) groups is 1. The molecule has 82 valence electrons. The molecule has 0 atom stereocenters. The number of thiocarbonyl (C=S) groups is 1. The van der Waals surface area contributed by atoms with Crippen LogP contribution in [0.1, 0.15) is 5.56 Å². The lowest BCUT2D eigenvalue weighted by molar-refractivity contribution is -0.121. The van der Waals surface area contributed by atoms with Crippen molar-refractivity contribution in [3.8, 4) is 0 Å². The molecule has 0 bridgehead atoms. The van der Waals surface area contributed by atoms with Crippen molar-refractivity contribution in [1.29, 1.82) is 0 Å². The molecule has 1 aliphatic heterocycles. The molecule has 1 fully saturated rings. The molecule has 5 nitrogen and oxygen atoms in total. The SMILES string of the molecule is CN1C(=O)/C(=C/c2ccc[nH]c2=O)NC1=S. The number of amides is 1. The lowest BCUT2D eigenvalue weighted by Gasteiger charge is -2.02. The van der Waals surface area contributed by atoms with E-state index in [9.17, 15) is 9.59 Å². The Labute approximate surface area is 96.8 Å². The van der Waals surface area contributed by atoms with Gasteiger partial charge in [-0.3, -0.25) is 14.5 Å². The van der Waals surface area contributed by atoms with E-state index in [2.05, 4.69) is 10.3 Å². The molecule has 1 aromatic heterocycles. The number of rotatable bonds is 1. The predicted octanol–water partition coefficient (Wildman–Crippen LogP) is 0.0623. The van der Waals surface area contributed by atoms with Crippen LogP contribution >= 0.6 is 12.2 Å². The molecule has 2 heterocycles. The number of aromatic nitrogens is 1. The molecule has 1 saturated heterocycles. The van der Waals surface area contributed by atoms with Gasteiger partial charge in [-0.2, -0.15) is 0 Å². The van der Waals surface area contributed by atoms with E-state index in [0.29, 0.717) is 16.4 Å². The van der Waals surface area contributed by atoms with Crippen LogP contribution in [-0.4, -0.2) is 28.0 Å². The van der Waals surface area contributed by atoms with Gasteiger partial charge in [-0.15, -0.1) is 0 Å². The van der Waals surface area contributed by atoms with E-state index in [1.807, 2.05) is 0 Å². The van der Waals surface area contributed by atoms with Crippen LogP contribution in [0.15, 0.2) is 28.8 Å². The number of carbonyl (C=O) groups excluding carboxylic acids is 1. The maximum Gasteiger partial charge on any atom is 0.276 e. The summed E-state index contributed by atoms with van der Waals surface area (Å²) in [6.45, 7) is 0. The molecule has 1 amide bonds. The molecule has 0 radical (unpaired) electrons. The molecule has 0 unspecified atom stereocenters. The third-order valence-electron chi connectivity index (χ3n) is 2.23. The summed E-state index contributed by atoms with van der Waals surface area (Å²) >= 11 is 4.91. The number of hydrogen-bond donors (Lipinski definition) is 2. The van der Waals surface area contributed by atoms with Gasteiger partial charge in [-0.05, 0) is 30.4 Å². The molecule has 0 spiro atoms. The minimum Gasteiger partial charge on any atom is -0.329 e. The van der Waals surface area contributed by atoms with Gasteiger partial charge in [-0.1, -0.05) is 0 Å². The largest absolute Gasteiger partial charge is 0.329 e. The summed E-state index contributed by atoms with van der Waals surface area (Å²) in [6.07, 6.45) is 3.02. The zero-order valence-corrected chi connectivity index (χ0v) is 9.30. The molecule has 16 heavy (non-hydrogen) atoms. The summed E-state index contributed by atoms with van der Waals surface area (Å²) in [6, 6.07) is 3.32. The number of likely N-dealkylation sites (N-methyl/N-ethyl adjacent to an activating group) is 1. The Morgan fingerprint density at radius 1 is 1.44 bits per heavy atom. The quantitative estimate of drug-likeness (QED) is 0.534. The minimum absolute atomic E-state index is 0.242. The number of hydrogen-bond acceptors (Lipinski definition) is 3. The van der Waals surface area contributed by atoms with E-state index in [-0.39, 0.29) is 11.5 Å². The van der Waals surface area contributed by atoms with Crippen LogP contribution in [0.2, 0.25) is 0 Å². The van der Waals surface area contributed by atoms with Gasteiger partial charge < -0.3 is 10.3 Å². The first-order valence-electron chi connectivity index (χ1n) is 4.58.